The summed E-state index contributed by atoms with van der Waals surface area (Å²) >= 11 is 0. The first-order chi connectivity index (χ1) is 11.0. The van der Waals surface area contributed by atoms with Crippen LogP contribution in [-0.4, -0.2) is 73.7 Å². The SMILES string of the molecule is CCCCC(NC(=O)COCCO)C(=O)OCCOCC(=O)O. The number of carbonyl (C=O) groups excluding carboxylic acids is 2. The Hall–Kier alpha value is -1.71. The number of aliphatic carboxylic acids is 1. The summed E-state index contributed by atoms with van der Waals surface area (Å²) in [6.45, 7) is 0.962. The Morgan fingerprint density at radius 3 is 2.39 bits per heavy atom. The summed E-state index contributed by atoms with van der Waals surface area (Å²) in [4.78, 5) is 33.8. The first-order valence-electron chi connectivity index (χ1n) is 7.45. The highest BCUT2D eigenvalue weighted by Gasteiger charge is 2.21. The van der Waals surface area contributed by atoms with Crippen molar-refractivity contribution >= 4 is 17.8 Å². The van der Waals surface area contributed by atoms with Crippen LogP contribution in [0, 0.1) is 0 Å². The summed E-state index contributed by atoms with van der Waals surface area (Å²) in [5.74, 6) is -2.18. The molecule has 0 saturated heterocycles. The second kappa shape index (κ2) is 13.9. The fourth-order valence-electron chi connectivity index (χ4n) is 1.58. The lowest BCUT2D eigenvalue weighted by atomic mass is 10.1. The lowest BCUT2D eigenvalue weighted by molar-refractivity contribution is -0.151. The van der Waals surface area contributed by atoms with Crippen molar-refractivity contribution < 1.29 is 38.8 Å². The van der Waals surface area contributed by atoms with E-state index in [1.165, 1.54) is 0 Å². The average Bonchev–Trinajstić information content (AvgIpc) is 2.50. The number of aliphatic hydroxyl groups is 1. The van der Waals surface area contributed by atoms with E-state index in [1.807, 2.05) is 6.92 Å². The summed E-state index contributed by atoms with van der Waals surface area (Å²) in [5, 5.41) is 19.5. The van der Waals surface area contributed by atoms with E-state index in [-0.39, 0.29) is 33.0 Å². The second-order valence-electron chi connectivity index (χ2n) is 4.65. The molecule has 23 heavy (non-hydrogen) atoms. The van der Waals surface area contributed by atoms with E-state index in [4.69, 9.17) is 24.4 Å². The highest BCUT2D eigenvalue weighted by atomic mass is 16.6. The molecule has 3 N–H and O–H groups in total. The normalized spacial score (nSPS) is 11.7. The Morgan fingerprint density at radius 1 is 1.09 bits per heavy atom. The first kappa shape index (κ1) is 21.3. The van der Waals surface area contributed by atoms with Gasteiger partial charge in [0.05, 0.1) is 19.8 Å². The van der Waals surface area contributed by atoms with Crippen molar-refractivity contribution in [2.24, 2.45) is 0 Å². The average molecular weight is 335 g/mol. The highest BCUT2D eigenvalue weighted by Crippen LogP contribution is 2.03. The number of hydrogen-bond donors (Lipinski definition) is 3. The fraction of sp³-hybridized carbons (Fsp3) is 0.786. The van der Waals surface area contributed by atoms with Crippen LogP contribution in [0.1, 0.15) is 26.2 Å². The second-order valence-corrected chi connectivity index (χ2v) is 4.65. The van der Waals surface area contributed by atoms with Crippen molar-refractivity contribution in [1.82, 2.24) is 5.32 Å². The molecule has 1 amide bonds. The molecule has 0 aliphatic carbocycles. The Morgan fingerprint density at radius 2 is 1.78 bits per heavy atom. The van der Waals surface area contributed by atoms with Crippen LogP contribution in [0.15, 0.2) is 0 Å². The maximum atomic E-state index is 11.9. The van der Waals surface area contributed by atoms with Crippen molar-refractivity contribution in [2.75, 3.05) is 39.6 Å². The molecule has 0 fully saturated rings. The van der Waals surface area contributed by atoms with E-state index in [1.54, 1.807) is 0 Å². The largest absolute Gasteiger partial charge is 0.480 e. The van der Waals surface area contributed by atoms with Crippen molar-refractivity contribution in [3.05, 3.63) is 0 Å². The zero-order valence-electron chi connectivity index (χ0n) is 13.3. The summed E-state index contributed by atoms with van der Waals surface area (Å²) in [6.07, 6.45) is 2.01. The maximum absolute atomic E-state index is 11.9. The Labute approximate surface area is 134 Å². The van der Waals surface area contributed by atoms with E-state index in [9.17, 15) is 14.4 Å². The molecule has 0 saturated carbocycles. The molecule has 0 rings (SSSR count). The van der Waals surface area contributed by atoms with Gasteiger partial charge in [-0.3, -0.25) is 4.79 Å². The van der Waals surface area contributed by atoms with Crippen molar-refractivity contribution in [3.63, 3.8) is 0 Å². The Balaban J connectivity index is 4.15. The Bertz CT molecular complexity index is 361. The molecule has 9 heteroatoms. The van der Waals surface area contributed by atoms with E-state index < -0.39 is 30.5 Å². The molecular formula is C14H25NO8. The van der Waals surface area contributed by atoms with E-state index in [0.717, 1.165) is 12.8 Å². The lowest BCUT2D eigenvalue weighted by Crippen LogP contribution is -2.43. The van der Waals surface area contributed by atoms with E-state index >= 15 is 0 Å². The molecule has 0 aromatic heterocycles. The zero-order chi connectivity index (χ0) is 17.5. The van der Waals surface area contributed by atoms with Gasteiger partial charge in [0.1, 0.15) is 25.9 Å². The van der Waals surface area contributed by atoms with Gasteiger partial charge in [-0.15, -0.1) is 0 Å². The quantitative estimate of drug-likeness (QED) is 0.281. The molecule has 0 heterocycles. The summed E-state index contributed by atoms with van der Waals surface area (Å²) in [6, 6.07) is -0.792. The van der Waals surface area contributed by atoms with Gasteiger partial charge in [0, 0.05) is 0 Å². The smallest absolute Gasteiger partial charge is 0.329 e. The minimum atomic E-state index is -1.10. The van der Waals surface area contributed by atoms with Crippen LogP contribution in [0.25, 0.3) is 0 Å². The third-order valence-electron chi connectivity index (χ3n) is 2.63. The fourth-order valence-corrected chi connectivity index (χ4v) is 1.58. The molecule has 1 atom stereocenters. The molecule has 0 aliphatic heterocycles. The molecule has 0 radical (unpaired) electrons. The molecule has 0 aromatic rings. The summed E-state index contributed by atoms with van der Waals surface area (Å²) in [5.41, 5.74) is 0. The first-order valence-corrected chi connectivity index (χ1v) is 7.45. The van der Waals surface area contributed by atoms with Gasteiger partial charge < -0.3 is 29.7 Å². The molecule has 0 bridgehead atoms. The molecule has 9 nitrogen and oxygen atoms in total. The van der Waals surface area contributed by atoms with Crippen molar-refractivity contribution in [3.8, 4) is 0 Å². The topological polar surface area (TPSA) is 131 Å². The lowest BCUT2D eigenvalue weighted by Gasteiger charge is -2.17. The predicted octanol–water partition coefficient (Wildman–Crippen LogP) is -0.685. The van der Waals surface area contributed by atoms with Gasteiger partial charge in [-0.25, -0.2) is 9.59 Å². The van der Waals surface area contributed by atoms with Gasteiger partial charge in [-0.1, -0.05) is 19.8 Å². The third kappa shape index (κ3) is 12.5. The minimum Gasteiger partial charge on any atom is -0.480 e. The number of esters is 1. The molecular weight excluding hydrogens is 310 g/mol. The van der Waals surface area contributed by atoms with Crippen LogP contribution in [0.4, 0.5) is 0 Å². The Kier molecular flexibility index (Phi) is 12.9. The minimum absolute atomic E-state index is 0.0356. The number of hydrogen-bond acceptors (Lipinski definition) is 7. The number of unbranched alkanes of at least 4 members (excludes halogenated alkanes) is 1. The van der Waals surface area contributed by atoms with Crippen LogP contribution in [0.2, 0.25) is 0 Å². The van der Waals surface area contributed by atoms with Gasteiger partial charge >= 0.3 is 11.9 Å². The van der Waals surface area contributed by atoms with Gasteiger partial charge in [0.2, 0.25) is 5.91 Å². The summed E-state index contributed by atoms with van der Waals surface area (Å²) < 4.78 is 14.6. The standard InChI is InChI=1S/C14H25NO8/c1-2-3-4-11(15-12(17)9-21-6-5-16)14(20)23-8-7-22-10-13(18)19/h11,16H,2-10H2,1H3,(H,15,17)(H,18,19). The number of carbonyl (C=O) groups is 3. The number of nitrogens with one attached hydrogen (secondary N) is 1. The molecule has 1 unspecified atom stereocenters. The van der Waals surface area contributed by atoms with Gasteiger partial charge in [0.25, 0.3) is 0 Å². The van der Waals surface area contributed by atoms with Crippen LogP contribution < -0.4 is 5.32 Å². The van der Waals surface area contributed by atoms with Crippen molar-refractivity contribution in [2.45, 2.75) is 32.2 Å². The van der Waals surface area contributed by atoms with Crippen LogP contribution in [-0.2, 0) is 28.6 Å². The van der Waals surface area contributed by atoms with Crippen LogP contribution in [0.5, 0.6) is 0 Å². The number of rotatable bonds is 14. The number of carboxylic acids is 1. The van der Waals surface area contributed by atoms with E-state index in [0.29, 0.717) is 6.42 Å². The van der Waals surface area contributed by atoms with Crippen molar-refractivity contribution in [1.29, 1.82) is 0 Å². The zero-order valence-corrected chi connectivity index (χ0v) is 13.3. The number of aliphatic hydroxyl groups excluding tert-OH is 1. The highest BCUT2D eigenvalue weighted by molar-refractivity contribution is 5.85. The molecule has 0 aromatic carbocycles. The summed E-state index contributed by atoms with van der Waals surface area (Å²) in [7, 11) is 0. The predicted molar refractivity (Wildman–Crippen MR) is 78.8 cm³/mol. The number of amides is 1. The monoisotopic (exact) mass is 335 g/mol. The van der Waals surface area contributed by atoms with Gasteiger partial charge in [-0.2, -0.15) is 0 Å². The molecule has 0 spiro atoms. The van der Waals surface area contributed by atoms with E-state index in [2.05, 4.69) is 5.32 Å². The molecule has 0 aliphatic rings. The molecule has 134 valence electrons. The van der Waals surface area contributed by atoms with Crippen LogP contribution >= 0.6 is 0 Å². The van der Waals surface area contributed by atoms with Gasteiger partial charge in [-0.05, 0) is 6.42 Å². The van der Waals surface area contributed by atoms with Crippen LogP contribution in [0.3, 0.4) is 0 Å². The maximum Gasteiger partial charge on any atom is 0.329 e. The third-order valence-corrected chi connectivity index (χ3v) is 2.63. The van der Waals surface area contributed by atoms with Gasteiger partial charge in [0.15, 0.2) is 0 Å². The number of ether oxygens (including phenoxy) is 3. The number of carboxylic acid groups (broad SMARTS) is 1.